The minimum absolute atomic E-state index is 0.0218. The van der Waals surface area contributed by atoms with Gasteiger partial charge in [0.1, 0.15) is 5.60 Å². The molecular formula is C20H28O5. The predicted molar refractivity (Wildman–Crippen MR) is 88.6 cm³/mol. The fourth-order valence-corrected chi connectivity index (χ4v) is 8.44. The van der Waals surface area contributed by atoms with E-state index >= 15 is 0 Å². The summed E-state index contributed by atoms with van der Waals surface area (Å²) in [4.78, 5) is 0. The summed E-state index contributed by atoms with van der Waals surface area (Å²) >= 11 is 0. The third-order valence-electron chi connectivity index (χ3n) is 9.34. The first kappa shape index (κ1) is 15.6. The Morgan fingerprint density at radius 1 is 1.20 bits per heavy atom. The van der Waals surface area contributed by atoms with Crippen molar-refractivity contribution < 1.29 is 24.8 Å². The van der Waals surface area contributed by atoms with Crippen LogP contribution in [0.3, 0.4) is 0 Å². The van der Waals surface area contributed by atoms with Crippen molar-refractivity contribution in [3.05, 3.63) is 11.6 Å². The molecule has 0 aromatic carbocycles. The Hall–Kier alpha value is -0.460. The van der Waals surface area contributed by atoms with Gasteiger partial charge in [-0.15, -0.1) is 0 Å². The Morgan fingerprint density at radius 2 is 1.92 bits per heavy atom. The van der Waals surface area contributed by atoms with E-state index in [1.54, 1.807) is 0 Å². The van der Waals surface area contributed by atoms with Crippen LogP contribution < -0.4 is 0 Å². The average molecular weight is 348 g/mol. The number of epoxide rings is 1. The molecule has 3 N–H and O–H groups in total. The van der Waals surface area contributed by atoms with Crippen LogP contribution in [0.4, 0.5) is 0 Å². The standard InChI is InChI=1S/C20H28O5/c1-8-5-12-19-7-11(22)20(23)15(14-16(24-14)17(20,2)3)18(4,25-12)10(19)6-9(21)13(8)19/h5,9-16,21-23H,6-7H2,1-4H3/t9-,10-,11+,12-,13-,14-,15-,16-,18+,19-,20+/m0/s1. The fraction of sp³-hybridized carbons (Fsp3) is 0.900. The van der Waals surface area contributed by atoms with Gasteiger partial charge in [-0.05, 0) is 32.6 Å². The Morgan fingerprint density at radius 3 is 2.64 bits per heavy atom. The minimum Gasteiger partial charge on any atom is -0.392 e. The van der Waals surface area contributed by atoms with Crippen LogP contribution in [0.5, 0.6) is 0 Å². The summed E-state index contributed by atoms with van der Waals surface area (Å²) in [5.41, 5.74) is -1.43. The van der Waals surface area contributed by atoms with E-state index in [1.165, 1.54) is 5.57 Å². The lowest BCUT2D eigenvalue weighted by atomic mass is 9.64. The summed E-state index contributed by atoms with van der Waals surface area (Å²) in [6, 6.07) is 0. The maximum Gasteiger partial charge on any atom is 0.106 e. The van der Waals surface area contributed by atoms with Crippen molar-refractivity contribution in [2.45, 2.75) is 82.3 Å². The molecule has 6 aliphatic rings. The highest BCUT2D eigenvalue weighted by molar-refractivity contribution is 5.39. The summed E-state index contributed by atoms with van der Waals surface area (Å²) in [5, 5.41) is 34.0. The van der Waals surface area contributed by atoms with Gasteiger partial charge in [0.05, 0.1) is 36.1 Å². The maximum atomic E-state index is 11.9. The molecule has 2 bridgehead atoms. The lowest BCUT2D eigenvalue weighted by Gasteiger charge is -2.51. The van der Waals surface area contributed by atoms with Gasteiger partial charge in [-0.25, -0.2) is 0 Å². The Bertz CT molecular complexity index is 717. The van der Waals surface area contributed by atoms with Gasteiger partial charge < -0.3 is 24.8 Å². The molecule has 1 spiro atoms. The third-order valence-corrected chi connectivity index (χ3v) is 9.34. The van der Waals surface area contributed by atoms with E-state index in [1.807, 2.05) is 13.8 Å². The number of hydrogen-bond acceptors (Lipinski definition) is 5. The second kappa shape index (κ2) is 3.88. The van der Waals surface area contributed by atoms with Crippen molar-refractivity contribution in [2.75, 3.05) is 0 Å². The van der Waals surface area contributed by atoms with E-state index in [-0.39, 0.29) is 41.5 Å². The topological polar surface area (TPSA) is 82.5 Å². The van der Waals surface area contributed by atoms with Gasteiger partial charge in [-0.2, -0.15) is 0 Å². The molecule has 0 aromatic rings. The average Bonchev–Trinajstić information content (AvgIpc) is 3.05. The van der Waals surface area contributed by atoms with Gasteiger partial charge in [-0.1, -0.05) is 25.5 Å². The normalized spacial score (nSPS) is 68.2. The molecule has 6 rings (SSSR count). The molecule has 2 heterocycles. The number of hydrogen-bond donors (Lipinski definition) is 3. The van der Waals surface area contributed by atoms with Crippen LogP contribution in [0.15, 0.2) is 11.6 Å². The molecule has 3 saturated carbocycles. The second-order valence-corrected chi connectivity index (χ2v) is 10.3. The minimum atomic E-state index is -1.22. The molecule has 0 amide bonds. The first-order chi connectivity index (χ1) is 11.6. The van der Waals surface area contributed by atoms with Gasteiger partial charge in [-0.3, -0.25) is 0 Å². The van der Waals surface area contributed by atoms with Crippen LogP contribution in [-0.4, -0.2) is 57.0 Å². The van der Waals surface area contributed by atoms with Gasteiger partial charge >= 0.3 is 0 Å². The second-order valence-electron chi connectivity index (χ2n) is 10.3. The molecule has 2 aliphatic heterocycles. The molecule has 4 aliphatic carbocycles. The first-order valence-electron chi connectivity index (χ1n) is 9.70. The number of aliphatic hydroxyl groups is 3. The molecule has 5 fully saturated rings. The Labute approximate surface area is 148 Å². The monoisotopic (exact) mass is 348 g/mol. The van der Waals surface area contributed by atoms with Crippen molar-refractivity contribution in [1.82, 2.24) is 0 Å². The van der Waals surface area contributed by atoms with Crippen LogP contribution in [0.2, 0.25) is 0 Å². The molecule has 25 heavy (non-hydrogen) atoms. The maximum absolute atomic E-state index is 11.9. The lowest BCUT2D eigenvalue weighted by Crippen LogP contribution is -2.63. The van der Waals surface area contributed by atoms with Crippen LogP contribution in [0.25, 0.3) is 0 Å². The van der Waals surface area contributed by atoms with E-state index < -0.39 is 28.8 Å². The Balaban J connectivity index is 1.60. The van der Waals surface area contributed by atoms with E-state index in [4.69, 9.17) is 9.47 Å². The van der Waals surface area contributed by atoms with E-state index in [2.05, 4.69) is 19.9 Å². The van der Waals surface area contributed by atoms with Crippen LogP contribution in [-0.2, 0) is 9.47 Å². The number of fused-ring (bicyclic) bond motifs is 4. The molecule has 11 atom stereocenters. The third kappa shape index (κ3) is 1.28. The smallest absolute Gasteiger partial charge is 0.106 e. The lowest BCUT2D eigenvalue weighted by molar-refractivity contribution is -0.239. The molecule has 0 radical (unpaired) electrons. The van der Waals surface area contributed by atoms with Crippen molar-refractivity contribution in [2.24, 2.45) is 28.6 Å². The van der Waals surface area contributed by atoms with Crippen LogP contribution >= 0.6 is 0 Å². The van der Waals surface area contributed by atoms with Crippen molar-refractivity contribution in [3.8, 4) is 0 Å². The zero-order valence-corrected chi connectivity index (χ0v) is 15.3. The van der Waals surface area contributed by atoms with Crippen LogP contribution in [0.1, 0.15) is 40.5 Å². The SMILES string of the molecule is CC1=C[C@@H]2O[C@]3(C)[C@@H]4C[C@H](O)[C@H]1[C@]24C[C@@H](O)[C@@]1(O)[C@H]3[C@@H]2O[C@@H]2C1(C)C. The van der Waals surface area contributed by atoms with Crippen molar-refractivity contribution >= 4 is 0 Å². The largest absolute Gasteiger partial charge is 0.392 e. The summed E-state index contributed by atoms with van der Waals surface area (Å²) in [5.74, 6) is -0.101. The molecule has 0 unspecified atom stereocenters. The van der Waals surface area contributed by atoms with Crippen LogP contribution in [0, 0.1) is 28.6 Å². The zero-order chi connectivity index (χ0) is 17.7. The summed E-state index contributed by atoms with van der Waals surface area (Å²) in [6.45, 7) is 8.21. The van der Waals surface area contributed by atoms with Gasteiger partial charge in [0.2, 0.25) is 0 Å². The van der Waals surface area contributed by atoms with E-state index in [0.717, 1.165) is 0 Å². The van der Waals surface area contributed by atoms with E-state index in [9.17, 15) is 15.3 Å². The summed E-state index contributed by atoms with van der Waals surface area (Å²) < 4.78 is 12.7. The highest BCUT2D eigenvalue weighted by atomic mass is 16.6. The predicted octanol–water partition coefficient (Wildman–Crippen LogP) is 1.01. The highest BCUT2D eigenvalue weighted by Gasteiger charge is 2.86. The van der Waals surface area contributed by atoms with Gasteiger partial charge in [0.25, 0.3) is 0 Å². The molecule has 5 nitrogen and oxygen atoms in total. The van der Waals surface area contributed by atoms with Crippen molar-refractivity contribution in [1.29, 1.82) is 0 Å². The summed E-state index contributed by atoms with van der Waals surface area (Å²) in [7, 11) is 0. The fourth-order valence-electron chi connectivity index (χ4n) is 8.44. The van der Waals surface area contributed by atoms with Gasteiger partial charge in [0.15, 0.2) is 0 Å². The first-order valence-corrected chi connectivity index (χ1v) is 9.70. The Kier molecular flexibility index (Phi) is 2.42. The molecule has 0 aromatic heterocycles. The highest BCUT2D eigenvalue weighted by Crippen LogP contribution is 2.77. The molecule has 2 saturated heterocycles. The van der Waals surface area contributed by atoms with Gasteiger partial charge in [0, 0.05) is 22.7 Å². The zero-order valence-electron chi connectivity index (χ0n) is 15.3. The van der Waals surface area contributed by atoms with E-state index in [0.29, 0.717) is 12.8 Å². The van der Waals surface area contributed by atoms with Crippen molar-refractivity contribution in [3.63, 3.8) is 0 Å². The quantitative estimate of drug-likeness (QED) is 0.449. The number of rotatable bonds is 0. The number of ether oxygens (including phenoxy) is 2. The molecular weight excluding hydrogens is 320 g/mol. The molecule has 5 heteroatoms. The summed E-state index contributed by atoms with van der Waals surface area (Å²) in [6.07, 6.45) is 1.95. The number of aliphatic hydroxyl groups excluding tert-OH is 2. The molecule has 138 valence electrons.